The first kappa shape index (κ1) is 51.8. The molecule has 2 aromatic carbocycles. The van der Waals surface area contributed by atoms with E-state index in [4.69, 9.17) is 5.73 Å². The van der Waals surface area contributed by atoms with E-state index in [1.54, 1.807) is 25.1 Å². The van der Waals surface area contributed by atoms with Crippen LogP contribution in [0, 0.1) is 6.92 Å². The molecule has 0 spiro atoms. The number of carbonyl (C=O) groups is 7. The van der Waals surface area contributed by atoms with Crippen LogP contribution in [0.25, 0.3) is 11.1 Å². The largest absolute Gasteiger partial charge is 0.507 e. The van der Waals surface area contributed by atoms with Crippen LogP contribution in [0.15, 0.2) is 36.4 Å². The number of phenolic OH excluding ortho intramolecular Hbond substituents is 1. The third-order valence-corrected chi connectivity index (χ3v) is 11.6. The maximum atomic E-state index is 13.9. The van der Waals surface area contributed by atoms with Crippen LogP contribution in [0.1, 0.15) is 126 Å². The number of aliphatic carboxylic acids is 1. The first-order valence-corrected chi connectivity index (χ1v) is 22.2. The van der Waals surface area contributed by atoms with Crippen molar-refractivity contribution in [3.63, 3.8) is 0 Å². The van der Waals surface area contributed by atoms with Gasteiger partial charge in [0.05, 0.1) is 13.2 Å². The normalized spacial score (nSPS) is 17.3. The number of hydrogen-bond donors (Lipinski definition) is 8. The Balaban J connectivity index is 1.60. The van der Waals surface area contributed by atoms with Crippen molar-refractivity contribution in [1.82, 2.24) is 31.1 Å². The van der Waals surface area contributed by atoms with Crippen LogP contribution in [-0.4, -0.2) is 118 Å². The number of carboxylic acid groups (broad SMARTS) is 1. The molecule has 63 heavy (non-hydrogen) atoms. The molecule has 0 aromatic heterocycles. The summed E-state index contributed by atoms with van der Waals surface area (Å²) >= 11 is 0. The second-order valence-electron chi connectivity index (χ2n) is 16.6. The average Bonchev–Trinajstić information content (AvgIpc) is 3.24. The Labute approximate surface area is 370 Å². The Morgan fingerprint density at radius 2 is 1.41 bits per heavy atom. The number of amides is 6. The standard InChI is InChI=1S/C46H69N7O10/c1-6-7-8-9-10-11-12-13-14-15-16-17-18-19-38(56)52(4)36(28-54)43(59)51-41(47)45(61)48-27-39(57)53(5)40-32-22-23-37(55)34(26-32)33-24-31(21-20-29(33)2)25-35(46(62)63)50-42(58)30(3)49-44(40)60/h20-24,26,30,35-36,40-41,54-55H,6-19,25,27-28,47H2,1-5H3,(H,48,61)(H,49,60)(H,50,58)(H,51,59)(H,62,63)/t30-,35-,36+,40-,41-/m0/s1. The number of nitrogens with one attached hydrogen (secondary N) is 4. The van der Waals surface area contributed by atoms with E-state index in [9.17, 15) is 48.9 Å². The molecular formula is C46H69N7O10. The van der Waals surface area contributed by atoms with Gasteiger partial charge in [0.15, 0.2) is 6.17 Å². The van der Waals surface area contributed by atoms with Gasteiger partial charge in [-0.1, -0.05) is 108 Å². The first-order valence-electron chi connectivity index (χ1n) is 22.2. The topological polar surface area (TPSA) is 261 Å². The van der Waals surface area contributed by atoms with Gasteiger partial charge in [-0.15, -0.1) is 0 Å². The van der Waals surface area contributed by atoms with Gasteiger partial charge in [0.1, 0.15) is 29.9 Å². The van der Waals surface area contributed by atoms with Gasteiger partial charge in [0, 0.05) is 32.5 Å². The number of likely N-dealkylation sites (N-methyl/N-ethyl adjacent to an activating group) is 2. The minimum absolute atomic E-state index is 0.0767. The zero-order valence-electron chi connectivity index (χ0n) is 37.5. The molecule has 1 aliphatic heterocycles. The molecule has 3 rings (SSSR count). The molecular weight excluding hydrogens is 811 g/mol. The SMILES string of the molecule is CCCCCCCCCCCCCCCC(=O)N(C)[C@H](CO)C(=O)N[C@H](N)C(=O)NCC(=O)N(C)[C@@H]1C(=O)N[C@@H](C)C(=O)N[C@H](C(=O)O)Cc2ccc(C)c(c2)-c2cc1ccc2O. The summed E-state index contributed by atoms with van der Waals surface area (Å²) in [4.78, 5) is 93.9. The maximum absolute atomic E-state index is 13.9. The van der Waals surface area contributed by atoms with Crippen molar-refractivity contribution >= 4 is 41.4 Å². The van der Waals surface area contributed by atoms with Gasteiger partial charge in [-0.3, -0.25) is 28.8 Å². The Hall–Kier alpha value is -5.55. The fraction of sp³-hybridized carbons (Fsp3) is 0.587. The summed E-state index contributed by atoms with van der Waals surface area (Å²) in [6, 6.07) is 4.13. The molecule has 2 aromatic rings. The number of benzene rings is 2. The fourth-order valence-electron chi connectivity index (χ4n) is 7.55. The number of aromatic hydroxyl groups is 1. The Kier molecular flexibility index (Phi) is 21.5. The molecule has 17 heteroatoms. The van der Waals surface area contributed by atoms with Crippen molar-refractivity contribution in [2.75, 3.05) is 27.2 Å². The van der Waals surface area contributed by atoms with Crippen molar-refractivity contribution < 1.29 is 48.9 Å². The molecule has 348 valence electrons. The van der Waals surface area contributed by atoms with Crippen LogP contribution >= 0.6 is 0 Å². The van der Waals surface area contributed by atoms with Gasteiger partial charge >= 0.3 is 5.97 Å². The Bertz CT molecular complexity index is 1890. The van der Waals surface area contributed by atoms with Crippen molar-refractivity contribution in [2.24, 2.45) is 5.73 Å². The number of aliphatic hydroxyl groups is 1. The van der Waals surface area contributed by atoms with Gasteiger partial charge in [0.25, 0.3) is 5.91 Å². The molecule has 0 radical (unpaired) electrons. The van der Waals surface area contributed by atoms with E-state index in [0.29, 0.717) is 28.7 Å². The second kappa shape index (κ2) is 26.2. The monoisotopic (exact) mass is 880 g/mol. The number of aliphatic hydroxyl groups excluding tert-OH is 1. The number of carboxylic acids is 1. The smallest absolute Gasteiger partial charge is 0.326 e. The van der Waals surface area contributed by atoms with E-state index in [1.165, 1.54) is 97.0 Å². The molecule has 0 fully saturated rings. The number of hydrogen-bond acceptors (Lipinski definition) is 10. The third-order valence-electron chi connectivity index (χ3n) is 11.6. The lowest BCUT2D eigenvalue weighted by Gasteiger charge is -2.30. The van der Waals surface area contributed by atoms with Gasteiger partial charge in [0.2, 0.25) is 29.5 Å². The molecule has 1 aliphatic rings. The quantitative estimate of drug-likeness (QED) is 0.0593. The summed E-state index contributed by atoms with van der Waals surface area (Å²) in [5.41, 5.74) is 8.30. The summed E-state index contributed by atoms with van der Waals surface area (Å²) in [5.74, 6) is -6.02. The van der Waals surface area contributed by atoms with Crippen LogP contribution < -0.4 is 27.0 Å². The molecule has 0 aliphatic carbocycles. The lowest BCUT2D eigenvalue weighted by atomic mass is 9.92. The minimum Gasteiger partial charge on any atom is -0.507 e. The summed E-state index contributed by atoms with van der Waals surface area (Å²) in [7, 11) is 2.69. The van der Waals surface area contributed by atoms with E-state index in [0.717, 1.165) is 29.1 Å². The van der Waals surface area contributed by atoms with E-state index < -0.39 is 79.0 Å². The minimum atomic E-state index is -1.68. The lowest BCUT2D eigenvalue weighted by molar-refractivity contribution is -0.143. The van der Waals surface area contributed by atoms with E-state index in [-0.39, 0.29) is 30.1 Å². The zero-order chi connectivity index (χ0) is 46.6. The number of carbonyl (C=O) groups excluding carboxylic acids is 6. The highest BCUT2D eigenvalue weighted by Crippen LogP contribution is 2.36. The fourth-order valence-corrected chi connectivity index (χ4v) is 7.55. The number of nitrogens with zero attached hydrogens (tertiary/aromatic N) is 2. The highest BCUT2D eigenvalue weighted by atomic mass is 16.4. The molecule has 6 amide bonds. The molecule has 0 saturated heterocycles. The van der Waals surface area contributed by atoms with Crippen LogP contribution in [0.4, 0.5) is 0 Å². The number of fused-ring (bicyclic) bond motifs is 5. The van der Waals surface area contributed by atoms with Crippen LogP contribution in [0.3, 0.4) is 0 Å². The third kappa shape index (κ3) is 15.9. The second-order valence-corrected chi connectivity index (χ2v) is 16.6. The molecule has 5 atom stereocenters. The highest BCUT2D eigenvalue weighted by molar-refractivity contribution is 5.96. The van der Waals surface area contributed by atoms with Gasteiger partial charge in [-0.25, -0.2) is 4.79 Å². The Morgan fingerprint density at radius 3 is 2.00 bits per heavy atom. The highest BCUT2D eigenvalue weighted by Gasteiger charge is 2.34. The number of phenols is 1. The van der Waals surface area contributed by atoms with Crippen LogP contribution in [0.5, 0.6) is 5.75 Å². The average molecular weight is 880 g/mol. The van der Waals surface area contributed by atoms with Crippen LogP contribution in [0.2, 0.25) is 0 Å². The van der Waals surface area contributed by atoms with Gasteiger partial charge in [-0.05, 0) is 54.7 Å². The molecule has 9 N–H and O–H groups in total. The molecule has 4 bridgehead atoms. The molecule has 17 nitrogen and oxygen atoms in total. The summed E-state index contributed by atoms with van der Waals surface area (Å²) in [5, 5.41) is 40.4. The lowest BCUT2D eigenvalue weighted by Crippen LogP contribution is -2.59. The van der Waals surface area contributed by atoms with Gasteiger partial charge in [-0.2, -0.15) is 0 Å². The summed E-state index contributed by atoms with van der Waals surface area (Å²) in [6.45, 7) is 3.95. The first-order chi connectivity index (χ1) is 30.0. The number of nitrogens with two attached hydrogens (primary N) is 1. The predicted octanol–water partition coefficient (Wildman–Crippen LogP) is 3.32. The van der Waals surface area contributed by atoms with Crippen molar-refractivity contribution in [2.45, 2.75) is 147 Å². The summed E-state index contributed by atoms with van der Waals surface area (Å²) in [6.07, 6.45) is 13.5. The van der Waals surface area contributed by atoms with Gasteiger partial charge < -0.3 is 52.1 Å². The number of unbranched alkanes of at least 4 members (excludes halogenated alkanes) is 12. The van der Waals surface area contributed by atoms with Crippen molar-refractivity contribution in [3.8, 4) is 16.9 Å². The molecule has 1 heterocycles. The van der Waals surface area contributed by atoms with E-state index >= 15 is 0 Å². The maximum Gasteiger partial charge on any atom is 0.326 e. The van der Waals surface area contributed by atoms with Crippen molar-refractivity contribution in [3.05, 3.63) is 53.1 Å². The van der Waals surface area contributed by atoms with E-state index in [1.807, 2.05) is 0 Å². The number of rotatable bonds is 23. The number of aryl methyl sites for hydroxylation is 1. The van der Waals surface area contributed by atoms with E-state index in [2.05, 4.69) is 28.2 Å². The Morgan fingerprint density at radius 1 is 0.810 bits per heavy atom. The molecule has 0 saturated carbocycles. The van der Waals surface area contributed by atoms with Crippen LogP contribution in [-0.2, 0) is 40.0 Å². The zero-order valence-corrected chi connectivity index (χ0v) is 37.5. The van der Waals surface area contributed by atoms with Crippen molar-refractivity contribution in [1.29, 1.82) is 0 Å². The summed E-state index contributed by atoms with van der Waals surface area (Å²) < 4.78 is 0. The molecule has 0 unspecified atom stereocenters. The predicted molar refractivity (Wildman–Crippen MR) is 238 cm³/mol.